The van der Waals surface area contributed by atoms with Gasteiger partial charge in [0.2, 0.25) is 0 Å². The van der Waals surface area contributed by atoms with Crippen LogP contribution in [0.2, 0.25) is 0 Å². The predicted molar refractivity (Wildman–Crippen MR) is 116 cm³/mol. The van der Waals surface area contributed by atoms with Gasteiger partial charge in [-0.1, -0.05) is 0 Å². The van der Waals surface area contributed by atoms with E-state index in [1.54, 1.807) is 0 Å². The topological polar surface area (TPSA) is 69.1 Å². The Morgan fingerprint density at radius 2 is 2.08 bits per heavy atom. The summed E-state index contributed by atoms with van der Waals surface area (Å²) in [7, 11) is 2.17. The Labute approximate surface area is 171 Å². The third-order valence-corrected chi connectivity index (χ3v) is 4.86. The number of hydrogen-bond acceptors (Lipinski definition) is 4. The fourth-order valence-corrected chi connectivity index (χ4v) is 2.83. The maximum Gasteiger partial charge on any atom is 0.191 e. The molecule has 25 heavy (non-hydrogen) atoms. The zero-order valence-corrected chi connectivity index (χ0v) is 18.8. The molecule has 0 aliphatic carbocycles. The maximum atomic E-state index is 9.31. The molecular weight excluding hydrogens is 431 g/mol. The van der Waals surface area contributed by atoms with Gasteiger partial charge in [0, 0.05) is 37.8 Å². The van der Waals surface area contributed by atoms with Gasteiger partial charge >= 0.3 is 0 Å². The monoisotopic (exact) mass is 470 g/mol. The summed E-state index contributed by atoms with van der Waals surface area (Å²) in [6, 6.07) is 0.605. The summed E-state index contributed by atoms with van der Waals surface area (Å²) < 4.78 is 5.53. The van der Waals surface area contributed by atoms with Crippen LogP contribution in [0.1, 0.15) is 46.5 Å². The number of unbranched alkanes of at least 4 members (excludes halogenated alkanes) is 1. The van der Waals surface area contributed by atoms with Gasteiger partial charge in [0.15, 0.2) is 5.96 Å². The van der Waals surface area contributed by atoms with E-state index in [1.165, 1.54) is 6.42 Å². The smallest absolute Gasteiger partial charge is 0.191 e. The van der Waals surface area contributed by atoms with E-state index < -0.39 is 0 Å². The quantitative estimate of drug-likeness (QED) is 0.187. The largest absolute Gasteiger partial charge is 0.396 e. The number of halogens is 1. The number of rotatable bonds is 11. The minimum atomic E-state index is 0. The average Bonchev–Trinajstić information content (AvgIpc) is 3.01. The highest BCUT2D eigenvalue weighted by molar-refractivity contribution is 14.0. The summed E-state index contributed by atoms with van der Waals surface area (Å²) in [5.74, 6) is 0.874. The van der Waals surface area contributed by atoms with Crippen molar-refractivity contribution in [2.45, 2.75) is 52.5 Å². The number of nitrogens with zero attached hydrogens (tertiary/aromatic N) is 2. The number of guanidine groups is 1. The molecule has 3 N–H and O–H groups in total. The van der Waals surface area contributed by atoms with Crippen LogP contribution in [0.25, 0.3) is 0 Å². The summed E-state index contributed by atoms with van der Waals surface area (Å²) in [4.78, 5) is 7.11. The van der Waals surface area contributed by atoms with E-state index in [-0.39, 0.29) is 36.0 Å². The first kappa shape index (κ1) is 24.9. The zero-order valence-electron chi connectivity index (χ0n) is 16.5. The van der Waals surface area contributed by atoms with Crippen LogP contribution >= 0.6 is 24.0 Å². The van der Waals surface area contributed by atoms with E-state index in [2.05, 4.69) is 43.4 Å². The minimum Gasteiger partial charge on any atom is -0.396 e. The molecule has 0 radical (unpaired) electrons. The average molecular weight is 470 g/mol. The molecule has 1 atom stereocenters. The minimum absolute atomic E-state index is 0. The van der Waals surface area contributed by atoms with Crippen LogP contribution < -0.4 is 10.6 Å². The SMILES string of the molecule is CCNC(=NCC1(CCO)CCOC1)NCCCCN(C)C(C)C.I. The molecule has 0 spiro atoms. The Morgan fingerprint density at radius 1 is 1.32 bits per heavy atom. The number of ether oxygens (including phenoxy) is 1. The van der Waals surface area contributed by atoms with Gasteiger partial charge in [-0.2, -0.15) is 0 Å². The molecule has 1 fully saturated rings. The fraction of sp³-hybridized carbons (Fsp3) is 0.944. The molecule has 1 rings (SSSR count). The van der Waals surface area contributed by atoms with Gasteiger partial charge in [-0.25, -0.2) is 0 Å². The van der Waals surface area contributed by atoms with Crippen LogP contribution in [0.3, 0.4) is 0 Å². The van der Waals surface area contributed by atoms with Gasteiger partial charge in [-0.05, 0) is 60.0 Å². The second-order valence-electron chi connectivity index (χ2n) is 7.18. The highest BCUT2D eigenvalue weighted by atomic mass is 127. The van der Waals surface area contributed by atoms with Crippen molar-refractivity contribution in [2.75, 3.05) is 53.0 Å². The third-order valence-electron chi connectivity index (χ3n) is 4.86. The van der Waals surface area contributed by atoms with E-state index >= 15 is 0 Å². The summed E-state index contributed by atoms with van der Waals surface area (Å²) in [5, 5.41) is 16.0. The molecule has 0 amide bonds. The molecule has 1 heterocycles. The van der Waals surface area contributed by atoms with Crippen molar-refractivity contribution >= 4 is 29.9 Å². The van der Waals surface area contributed by atoms with Crippen molar-refractivity contribution in [3.63, 3.8) is 0 Å². The van der Waals surface area contributed by atoms with Gasteiger partial charge in [0.1, 0.15) is 0 Å². The summed E-state index contributed by atoms with van der Waals surface area (Å²) >= 11 is 0. The number of aliphatic hydroxyl groups is 1. The van der Waals surface area contributed by atoms with Crippen LogP contribution in [0.4, 0.5) is 0 Å². The van der Waals surface area contributed by atoms with Crippen LogP contribution in [0.5, 0.6) is 0 Å². The summed E-state index contributed by atoms with van der Waals surface area (Å²) in [5.41, 5.74) is 0.0110. The standard InChI is InChI=1S/C18H38N4O2.HI/c1-5-19-17(20-10-6-7-11-22(4)16(2)3)21-14-18(8-12-23)9-13-24-15-18;/h16,23H,5-15H2,1-4H3,(H2,19,20,21);1H. The molecule has 1 unspecified atom stereocenters. The van der Waals surface area contributed by atoms with Crippen LogP contribution in [0, 0.1) is 5.41 Å². The zero-order chi connectivity index (χ0) is 17.8. The molecule has 0 aromatic rings. The summed E-state index contributed by atoms with van der Waals surface area (Å²) in [6.45, 7) is 11.8. The molecule has 1 aliphatic rings. The molecule has 7 heteroatoms. The second kappa shape index (κ2) is 14.0. The lowest BCUT2D eigenvalue weighted by Gasteiger charge is -2.25. The normalized spacial score (nSPS) is 20.8. The lowest BCUT2D eigenvalue weighted by Crippen LogP contribution is -2.39. The van der Waals surface area contributed by atoms with Crippen LogP contribution in [-0.4, -0.2) is 75.1 Å². The Balaban J connectivity index is 0.00000576. The second-order valence-corrected chi connectivity index (χ2v) is 7.18. The molecule has 0 saturated carbocycles. The molecule has 1 aliphatic heterocycles. The van der Waals surface area contributed by atoms with Crippen molar-refractivity contribution in [1.29, 1.82) is 0 Å². The van der Waals surface area contributed by atoms with Gasteiger partial charge in [0.05, 0.1) is 13.2 Å². The lowest BCUT2D eigenvalue weighted by atomic mass is 9.84. The van der Waals surface area contributed by atoms with Crippen molar-refractivity contribution in [3.8, 4) is 0 Å². The highest BCUT2D eigenvalue weighted by Gasteiger charge is 2.34. The fourth-order valence-electron chi connectivity index (χ4n) is 2.83. The van der Waals surface area contributed by atoms with Gasteiger partial charge in [-0.15, -0.1) is 24.0 Å². The van der Waals surface area contributed by atoms with Crippen molar-refractivity contribution in [2.24, 2.45) is 10.4 Å². The number of aliphatic imine (C=N–C) groups is 1. The Morgan fingerprint density at radius 3 is 2.64 bits per heavy atom. The van der Waals surface area contributed by atoms with E-state index in [9.17, 15) is 5.11 Å². The highest BCUT2D eigenvalue weighted by Crippen LogP contribution is 2.32. The first-order valence-corrected chi connectivity index (χ1v) is 9.44. The van der Waals surface area contributed by atoms with Crippen molar-refractivity contribution in [3.05, 3.63) is 0 Å². The first-order chi connectivity index (χ1) is 11.5. The molecule has 6 nitrogen and oxygen atoms in total. The Bertz CT molecular complexity index is 361. The van der Waals surface area contributed by atoms with Gasteiger partial charge in [-0.3, -0.25) is 4.99 Å². The van der Waals surface area contributed by atoms with Crippen molar-refractivity contribution in [1.82, 2.24) is 15.5 Å². The third kappa shape index (κ3) is 9.96. The molecule has 0 bridgehead atoms. The Hall–Kier alpha value is -0.120. The van der Waals surface area contributed by atoms with Gasteiger partial charge in [0.25, 0.3) is 0 Å². The maximum absolute atomic E-state index is 9.31. The summed E-state index contributed by atoms with van der Waals surface area (Å²) in [6.07, 6.45) is 4.06. The van der Waals surface area contributed by atoms with Crippen molar-refractivity contribution < 1.29 is 9.84 Å². The molecule has 0 aromatic heterocycles. The number of nitrogens with one attached hydrogen (secondary N) is 2. The lowest BCUT2D eigenvalue weighted by molar-refractivity contribution is 0.131. The molecule has 150 valence electrons. The number of aliphatic hydroxyl groups excluding tert-OH is 1. The molecule has 0 aromatic carbocycles. The predicted octanol–water partition coefficient (Wildman–Crippen LogP) is 2.07. The van der Waals surface area contributed by atoms with E-state index in [1.807, 2.05) is 0 Å². The van der Waals surface area contributed by atoms with Crippen LogP contribution in [0.15, 0.2) is 4.99 Å². The van der Waals surface area contributed by atoms with Crippen LogP contribution in [-0.2, 0) is 4.74 Å². The molecular formula is C18H39IN4O2. The first-order valence-electron chi connectivity index (χ1n) is 9.44. The van der Waals surface area contributed by atoms with E-state index in [0.717, 1.165) is 51.5 Å². The van der Waals surface area contributed by atoms with Gasteiger partial charge < -0.3 is 25.4 Å². The number of hydrogen-bond donors (Lipinski definition) is 3. The molecule has 1 saturated heterocycles. The van der Waals surface area contributed by atoms with E-state index in [0.29, 0.717) is 19.2 Å². The Kier molecular flexibility index (Phi) is 13.9. The van der Waals surface area contributed by atoms with E-state index in [4.69, 9.17) is 9.73 Å².